The van der Waals surface area contributed by atoms with E-state index in [1.807, 2.05) is 0 Å². The van der Waals surface area contributed by atoms with E-state index < -0.39 is 0 Å². The van der Waals surface area contributed by atoms with Gasteiger partial charge in [-0.25, -0.2) is 0 Å². The van der Waals surface area contributed by atoms with Crippen LogP contribution in [0.3, 0.4) is 0 Å². The minimum absolute atomic E-state index is 0.429. The Bertz CT molecular complexity index is 471. The Kier molecular flexibility index (Phi) is 4.84. The summed E-state index contributed by atoms with van der Waals surface area (Å²) in [5, 5.41) is 3.46. The number of hydrogen-bond acceptors (Lipinski definition) is 2. The molecule has 0 aromatic heterocycles. The fourth-order valence-corrected chi connectivity index (χ4v) is 4.12. The number of rotatable bonds is 4. The lowest BCUT2D eigenvalue weighted by molar-refractivity contribution is 0.0902. The summed E-state index contributed by atoms with van der Waals surface area (Å²) in [7, 11) is 2.07. The van der Waals surface area contributed by atoms with Crippen molar-refractivity contribution in [1.29, 1.82) is 0 Å². The minimum atomic E-state index is 0.429. The van der Waals surface area contributed by atoms with E-state index in [0.29, 0.717) is 12.1 Å². The lowest BCUT2D eigenvalue weighted by Crippen LogP contribution is -2.30. The van der Waals surface area contributed by atoms with E-state index in [1.54, 1.807) is 0 Å². The highest BCUT2D eigenvalue weighted by molar-refractivity contribution is 5.39. The van der Waals surface area contributed by atoms with Gasteiger partial charge in [-0.3, -0.25) is 0 Å². The number of hydrogen-bond donors (Lipinski definition) is 1. The quantitative estimate of drug-likeness (QED) is 0.871. The first-order valence-corrected chi connectivity index (χ1v) is 8.78. The van der Waals surface area contributed by atoms with E-state index in [0.717, 1.165) is 11.7 Å². The molecule has 1 fully saturated rings. The maximum absolute atomic E-state index is 6.39. The summed E-state index contributed by atoms with van der Waals surface area (Å²) < 4.78 is 6.39. The maximum atomic E-state index is 6.39. The molecular formula is C19H29NO. The zero-order valence-electron chi connectivity index (χ0n) is 13.5. The first-order valence-electron chi connectivity index (χ1n) is 8.78. The second-order valence-electron chi connectivity index (χ2n) is 6.70. The Morgan fingerprint density at radius 3 is 2.81 bits per heavy atom. The molecule has 0 aliphatic heterocycles. The molecule has 3 unspecified atom stereocenters. The third-order valence-electron chi connectivity index (χ3n) is 5.43. The molecule has 0 spiro atoms. The van der Waals surface area contributed by atoms with Gasteiger partial charge in [0.15, 0.2) is 0 Å². The summed E-state index contributed by atoms with van der Waals surface area (Å²) in [6.45, 7) is 2.30. The van der Waals surface area contributed by atoms with Crippen LogP contribution in [0.5, 0.6) is 5.75 Å². The van der Waals surface area contributed by atoms with Crippen LogP contribution < -0.4 is 10.1 Å². The highest BCUT2D eigenvalue weighted by Gasteiger charge is 2.26. The van der Waals surface area contributed by atoms with E-state index in [2.05, 4.69) is 37.5 Å². The van der Waals surface area contributed by atoms with Crippen LogP contribution in [0.2, 0.25) is 0 Å². The second kappa shape index (κ2) is 6.83. The largest absolute Gasteiger partial charge is 0.490 e. The van der Waals surface area contributed by atoms with E-state index in [9.17, 15) is 0 Å². The van der Waals surface area contributed by atoms with E-state index in [4.69, 9.17) is 4.74 Å². The van der Waals surface area contributed by atoms with Crippen LogP contribution >= 0.6 is 0 Å². The molecule has 1 aromatic carbocycles. The van der Waals surface area contributed by atoms with Gasteiger partial charge in [0, 0.05) is 6.04 Å². The van der Waals surface area contributed by atoms with E-state index >= 15 is 0 Å². The van der Waals surface area contributed by atoms with Gasteiger partial charge in [-0.2, -0.15) is 0 Å². The molecule has 1 saturated carbocycles. The molecule has 2 nitrogen and oxygen atoms in total. The summed E-state index contributed by atoms with van der Waals surface area (Å²) in [4.78, 5) is 0. The lowest BCUT2D eigenvalue weighted by atomic mass is 9.84. The molecule has 2 aliphatic carbocycles. The molecule has 2 aliphatic rings. The molecule has 0 saturated heterocycles. The molecule has 0 bridgehead atoms. The minimum Gasteiger partial charge on any atom is -0.490 e. The number of aryl methyl sites for hydroxylation is 1. The van der Waals surface area contributed by atoms with Crippen LogP contribution in [-0.2, 0) is 6.42 Å². The molecular weight excluding hydrogens is 258 g/mol. The fourth-order valence-electron chi connectivity index (χ4n) is 4.12. The van der Waals surface area contributed by atoms with Crippen molar-refractivity contribution in [3.63, 3.8) is 0 Å². The lowest BCUT2D eigenvalue weighted by Gasteiger charge is -2.32. The monoisotopic (exact) mass is 287 g/mol. The predicted octanol–water partition coefficient (Wildman–Crippen LogP) is 4.63. The highest BCUT2D eigenvalue weighted by Crippen LogP contribution is 2.35. The van der Waals surface area contributed by atoms with Crippen LogP contribution in [0.15, 0.2) is 18.2 Å². The second-order valence-corrected chi connectivity index (χ2v) is 6.70. The highest BCUT2D eigenvalue weighted by atomic mass is 16.5. The first kappa shape index (κ1) is 14.9. The molecule has 3 atom stereocenters. The Morgan fingerprint density at radius 1 is 1.14 bits per heavy atom. The Balaban J connectivity index is 1.76. The SMILES string of the molecule is CCC1CCCCC1Oc1ccc2c(c1)C(NC)CCC2. The van der Waals surface area contributed by atoms with Gasteiger partial charge in [-0.1, -0.05) is 19.4 Å². The van der Waals surface area contributed by atoms with Gasteiger partial charge >= 0.3 is 0 Å². The Labute approximate surface area is 129 Å². The van der Waals surface area contributed by atoms with Gasteiger partial charge in [0.1, 0.15) is 11.9 Å². The molecule has 0 amide bonds. The maximum Gasteiger partial charge on any atom is 0.120 e. The summed E-state index contributed by atoms with van der Waals surface area (Å²) >= 11 is 0. The van der Waals surface area contributed by atoms with Crippen molar-refractivity contribution in [2.45, 2.75) is 70.4 Å². The predicted molar refractivity (Wildman–Crippen MR) is 87.8 cm³/mol. The van der Waals surface area contributed by atoms with Crippen molar-refractivity contribution < 1.29 is 4.74 Å². The molecule has 0 heterocycles. The summed E-state index contributed by atoms with van der Waals surface area (Å²) in [6.07, 6.45) is 10.7. The molecule has 116 valence electrons. The smallest absolute Gasteiger partial charge is 0.120 e. The van der Waals surface area contributed by atoms with Gasteiger partial charge in [0.25, 0.3) is 0 Å². The standard InChI is InChI=1S/C19H29NO/c1-3-14-7-4-5-10-19(14)21-16-12-11-15-8-6-9-18(20-2)17(15)13-16/h11-14,18-20H,3-10H2,1-2H3. The molecule has 3 rings (SSSR count). The first-order chi connectivity index (χ1) is 10.3. The van der Waals surface area contributed by atoms with Crippen LogP contribution in [0, 0.1) is 5.92 Å². The van der Waals surface area contributed by atoms with Crippen molar-refractivity contribution >= 4 is 0 Å². The van der Waals surface area contributed by atoms with Crippen molar-refractivity contribution in [3.8, 4) is 5.75 Å². The zero-order valence-corrected chi connectivity index (χ0v) is 13.5. The number of benzene rings is 1. The average molecular weight is 287 g/mol. The summed E-state index contributed by atoms with van der Waals surface area (Å²) in [5.41, 5.74) is 2.97. The van der Waals surface area contributed by atoms with Gasteiger partial charge in [-0.05, 0) is 81.2 Å². The zero-order chi connectivity index (χ0) is 14.7. The number of fused-ring (bicyclic) bond motifs is 1. The third-order valence-corrected chi connectivity index (χ3v) is 5.43. The van der Waals surface area contributed by atoms with E-state index in [1.165, 1.54) is 62.5 Å². The van der Waals surface area contributed by atoms with Crippen molar-refractivity contribution in [2.75, 3.05) is 7.05 Å². The topological polar surface area (TPSA) is 21.3 Å². The summed E-state index contributed by atoms with van der Waals surface area (Å²) in [6, 6.07) is 7.29. The molecule has 21 heavy (non-hydrogen) atoms. The Hall–Kier alpha value is -1.02. The molecule has 2 heteroatoms. The average Bonchev–Trinajstić information content (AvgIpc) is 2.54. The van der Waals surface area contributed by atoms with Crippen molar-refractivity contribution in [3.05, 3.63) is 29.3 Å². The Morgan fingerprint density at radius 2 is 2.00 bits per heavy atom. The van der Waals surface area contributed by atoms with Gasteiger partial charge in [-0.15, -0.1) is 0 Å². The molecule has 1 N–H and O–H groups in total. The summed E-state index contributed by atoms with van der Waals surface area (Å²) in [5.74, 6) is 1.83. The van der Waals surface area contributed by atoms with Gasteiger partial charge in [0.05, 0.1) is 0 Å². The van der Waals surface area contributed by atoms with Crippen LogP contribution in [0.4, 0.5) is 0 Å². The molecule has 1 aromatic rings. The third kappa shape index (κ3) is 3.26. The van der Waals surface area contributed by atoms with Gasteiger partial charge < -0.3 is 10.1 Å². The number of nitrogens with one attached hydrogen (secondary N) is 1. The number of ether oxygens (including phenoxy) is 1. The van der Waals surface area contributed by atoms with Crippen LogP contribution in [0.25, 0.3) is 0 Å². The van der Waals surface area contributed by atoms with Crippen LogP contribution in [-0.4, -0.2) is 13.2 Å². The van der Waals surface area contributed by atoms with Crippen LogP contribution in [0.1, 0.15) is 69.0 Å². The van der Waals surface area contributed by atoms with E-state index in [-0.39, 0.29) is 0 Å². The fraction of sp³-hybridized carbons (Fsp3) is 0.684. The van der Waals surface area contributed by atoms with Crippen molar-refractivity contribution in [2.24, 2.45) is 5.92 Å². The molecule has 0 radical (unpaired) electrons. The van der Waals surface area contributed by atoms with Gasteiger partial charge in [0.2, 0.25) is 0 Å². The van der Waals surface area contributed by atoms with Crippen molar-refractivity contribution in [1.82, 2.24) is 5.32 Å². The normalized spacial score (nSPS) is 29.0.